The van der Waals surface area contributed by atoms with Gasteiger partial charge >= 0.3 is 18.1 Å². The molecule has 0 N–H and O–H groups in total. The third-order valence-corrected chi connectivity index (χ3v) is 10.5. The highest BCUT2D eigenvalue weighted by Gasteiger charge is 2.20. The lowest BCUT2D eigenvalue weighted by atomic mass is 10.1. The van der Waals surface area contributed by atoms with Crippen molar-refractivity contribution < 1.29 is 42.8 Å². The summed E-state index contributed by atoms with van der Waals surface area (Å²) in [5.41, 5.74) is 0. The van der Waals surface area contributed by atoms with E-state index in [1.54, 1.807) is 0 Å². The van der Waals surface area contributed by atoms with Gasteiger partial charge in [0.05, 0.1) is 12.3 Å². The first-order valence-electron chi connectivity index (χ1n) is 23.8. The summed E-state index contributed by atoms with van der Waals surface area (Å²) in [7, 11) is 0. The molecule has 0 aromatic carbocycles. The van der Waals surface area contributed by atoms with Crippen LogP contribution in [0.3, 0.4) is 0 Å². The van der Waals surface area contributed by atoms with Crippen molar-refractivity contribution in [1.29, 1.82) is 0 Å². The molecule has 58 heavy (non-hydrogen) atoms. The predicted octanol–water partition coefficient (Wildman–Crippen LogP) is 12.2. The van der Waals surface area contributed by atoms with Crippen molar-refractivity contribution >= 4 is 18.1 Å². The van der Waals surface area contributed by atoms with Crippen molar-refractivity contribution in [2.24, 2.45) is 5.92 Å². The van der Waals surface area contributed by atoms with Crippen molar-refractivity contribution in [3.8, 4) is 0 Å². The molecule has 1 heterocycles. The molecule has 0 aromatic heterocycles. The van der Waals surface area contributed by atoms with Crippen LogP contribution in [0.25, 0.3) is 0 Å². The minimum atomic E-state index is -0.777. The number of ether oxygens (including phenoxy) is 6. The zero-order chi connectivity index (χ0) is 42.0. The fourth-order valence-corrected chi connectivity index (χ4v) is 6.53. The second-order valence-corrected chi connectivity index (χ2v) is 16.1. The predicted molar refractivity (Wildman–Crippen MR) is 235 cm³/mol. The molecular formula is C48H87NO9. The summed E-state index contributed by atoms with van der Waals surface area (Å²) >= 11 is 0. The van der Waals surface area contributed by atoms with E-state index in [4.69, 9.17) is 28.4 Å². The van der Waals surface area contributed by atoms with Crippen molar-refractivity contribution in [1.82, 2.24) is 4.90 Å². The summed E-state index contributed by atoms with van der Waals surface area (Å²) < 4.78 is 33.9. The van der Waals surface area contributed by atoms with Gasteiger partial charge in [-0.15, -0.1) is 0 Å². The second kappa shape index (κ2) is 41.3. The Kier molecular flexibility index (Phi) is 38.2. The molecule has 0 amide bonds. The lowest BCUT2D eigenvalue weighted by molar-refractivity contribution is -0.161. The maximum absolute atomic E-state index is 12.9. The number of hydrogen-bond donors (Lipinski definition) is 0. The van der Waals surface area contributed by atoms with Gasteiger partial charge in [0.25, 0.3) is 0 Å². The number of esters is 2. The average molecular weight is 822 g/mol. The third-order valence-electron chi connectivity index (χ3n) is 10.5. The number of carbonyl (C=O) groups is 3. The van der Waals surface area contributed by atoms with E-state index in [0.29, 0.717) is 32.6 Å². The highest BCUT2D eigenvalue weighted by atomic mass is 16.7. The summed E-state index contributed by atoms with van der Waals surface area (Å²) in [6.07, 6.45) is 36.2. The first kappa shape index (κ1) is 53.6. The van der Waals surface area contributed by atoms with E-state index in [-0.39, 0.29) is 38.8 Å². The molecule has 0 saturated carbocycles. The SMILES string of the molecule is CCCCC/C=C\C/C=C\CCCCCCCC(=O)OCC(COC(=O)CCC(OCCCCCCCC)OCCCCCCCC)COC(=O)OCCN1CCC1. The number of unbranched alkanes of at least 4 members (excludes halogenated alkanes) is 18. The van der Waals surface area contributed by atoms with Crippen LogP contribution in [0.2, 0.25) is 0 Å². The molecule has 1 rings (SSSR count). The Morgan fingerprint density at radius 1 is 0.517 bits per heavy atom. The van der Waals surface area contributed by atoms with E-state index < -0.39 is 24.3 Å². The molecule has 338 valence electrons. The molecule has 10 nitrogen and oxygen atoms in total. The molecule has 1 aliphatic rings. The van der Waals surface area contributed by atoms with E-state index in [0.717, 1.165) is 90.1 Å². The van der Waals surface area contributed by atoms with Crippen molar-refractivity contribution in [2.45, 2.75) is 200 Å². The van der Waals surface area contributed by atoms with Crippen LogP contribution in [0.4, 0.5) is 4.79 Å². The fraction of sp³-hybridized carbons (Fsp3) is 0.854. The summed E-state index contributed by atoms with van der Waals surface area (Å²) in [6.45, 7) is 10.7. The van der Waals surface area contributed by atoms with Crippen molar-refractivity contribution in [3.05, 3.63) is 24.3 Å². The first-order valence-corrected chi connectivity index (χ1v) is 23.8. The van der Waals surface area contributed by atoms with Crippen LogP contribution in [0.5, 0.6) is 0 Å². The summed E-state index contributed by atoms with van der Waals surface area (Å²) in [6, 6.07) is 0. The zero-order valence-electron chi connectivity index (χ0n) is 37.5. The number of rotatable bonds is 42. The van der Waals surface area contributed by atoms with Gasteiger partial charge in [-0.3, -0.25) is 14.5 Å². The number of nitrogens with zero attached hydrogens (tertiary/aromatic N) is 1. The van der Waals surface area contributed by atoms with Crippen LogP contribution < -0.4 is 0 Å². The molecule has 1 fully saturated rings. The zero-order valence-corrected chi connectivity index (χ0v) is 37.5. The third kappa shape index (κ3) is 35.5. The van der Waals surface area contributed by atoms with Gasteiger partial charge in [0.1, 0.15) is 26.4 Å². The van der Waals surface area contributed by atoms with E-state index in [1.165, 1.54) is 77.0 Å². The Bertz CT molecular complexity index is 997. The molecule has 0 aliphatic carbocycles. The quantitative estimate of drug-likeness (QED) is 0.0194. The average Bonchev–Trinajstić information content (AvgIpc) is 3.20. The van der Waals surface area contributed by atoms with E-state index >= 15 is 0 Å². The molecule has 1 unspecified atom stereocenters. The van der Waals surface area contributed by atoms with E-state index in [9.17, 15) is 14.4 Å². The second-order valence-electron chi connectivity index (χ2n) is 16.1. The summed E-state index contributed by atoms with van der Waals surface area (Å²) in [5.74, 6) is -1.20. The van der Waals surface area contributed by atoms with Gasteiger partial charge < -0.3 is 28.4 Å². The van der Waals surface area contributed by atoms with Crippen LogP contribution in [0.1, 0.15) is 194 Å². The number of carbonyl (C=O) groups excluding carboxylic acids is 3. The highest BCUT2D eigenvalue weighted by molar-refractivity contribution is 5.69. The number of allylic oxidation sites excluding steroid dienone is 4. The van der Waals surface area contributed by atoms with Gasteiger partial charge in [-0.25, -0.2) is 4.79 Å². The van der Waals surface area contributed by atoms with Crippen molar-refractivity contribution in [3.63, 3.8) is 0 Å². The van der Waals surface area contributed by atoms with E-state index in [1.807, 2.05) is 0 Å². The summed E-state index contributed by atoms with van der Waals surface area (Å²) in [4.78, 5) is 40.0. The van der Waals surface area contributed by atoms with Crippen LogP contribution in [0.15, 0.2) is 24.3 Å². The number of likely N-dealkylation sites (tertiary alicyclic amines) is 1. The van der Waals surface area contributed by atoms with Crippen molar-refractivity contribution in [2.75, 3.05) is 59.3 Å². The van der Waals surface area contributed by atoms with Crippen LogP contribution >= 0.6 is 0 Å². The molecular weight excluding hydrogens is 735 g/mol. The molecule has 0 aromatic rings. The Balaban J connectivity index is 2.46. The normalized spacial score (nSPS) is 13.7. The molecule has 0 radical (unpaired) electrons. The summed E-state index contributed by atoms with van der Waals surface area (Å²) in [5, 5.41) is 0. The van der Waals surface area contributed by atoms with Gasteiger partial charge in [0.2, 0.25) is 0 Å². The number of hydrogen-bond acceptors (Lipinski definition) is 10. The molecule has 10 heteroatoms. The molecule has 1 atom stereocenters. The van der Waals surface area contributed by atoms with Gasteiger partial charge in [-0.1, -0.05) is 141 Å². The Morgan fingerprint density at radius 3 is 1.57 bits per heavy atom. The Labute approximate surface area is 354 Å². The van der Waals surface area contributed by atoms with E-state index in [2.05, 4.69) is 50.0 Å². The van der Waals surface area contributed by atoms with Crippen LogP contribution in [0, 0.1) is 5.92 Å². The maximum atomic E-state index is 12.9. The van der Waals surface area contributed by atoms with Crippen LogP contribution in [-0.4, -0.2) is 88.6 Å². The maximum Gasteiger partial charge on any atom is 0.508 e. The Morgan fingerprint density at radius 2 is 1.00 bits per heavy atom. The van der Waals surface area contributed by atoms with Gasteiger partial charge in [0.15, 0.2) is 6.29 Å². The fourth-order valence-electron chi connectivity index (χ4n) is 6.53. The topological polar surface area (TPSA) is 110 Å². The van der Waals surface area contributed by atoms with Crippen LogP contribution in [-0.2, 0) is 38.0 Å². The lowest BCUT2D eigenvalue weighted by Gasteiger charge is -2.30. The molecule has 1 saturated heterocycles. The molecule has 1 aliphatic heterocycles. The standard InChI is InChI=1S/C48H87NO9/c1-4-7-10-13-16-17-18-19-20-21-22-23-24-25-28-32-45(50)56-41-44(43-58-48(52)55-40-37-49-35-31-36-49)42-57-46(51)33-34-47(53-38-29-26-14-11-8-5-2)54-39-30-27-15-12-9-6-3/h16-17,19-20,44,47H,4-15,18,21-43H2,1-3H3/b17-16-,20-19-. The monoisotopic (exact) mass is 822 g/mol. The molecule has 0 bridgehead atoms. The minimum Gasteiger partial charge on any atom is -0.465 e. The lowest BCUT2D eigenvalue weighted by Crippen LogP contribution is -2.39. The highest BCUT2D eigenvalue weighted by Crippen LogP contribution is 2.14. The molecule has 0 spiro atoms. The first-order chi connectivity index (χ1) is 28.5. The Hall–Kier alpha value is -2.43. The largest absolute Gasteiger partial charge is 0.508 e. The minimum absolute atomic E-state index is 0.0151. The smallest absolute Gasteiger partial charge is 0.465 e. The van der Waals surface area contributed by atoms with Gasteiger partial charge in [-0.2, -0.15) is 0 Å². The van der Waals surface area contributed by atoms with Gasteiger partial charge in [0, 0.05) is 32.6 Å². The van der Waals surface area contributed by atoms with Gasteiger partial charge in [-0.05, 0) is 70.9 Å².